The van der Waals surface area contributed by atoms with Crippen molar-refractivity contribution < 1.29 is 9.90 Å². The topological polar surface area (TPSA) is 75.3 Å². The molecule has 0 saturated heterocycles. The van der Waals surface area contributed by atoms with Crippen LogP contribution in [-0.4, -0.2) is 17.6 Å². The van der Waals surface area contributed by atoms with Crippen molar-refractivity contribution >= 4 is 60.7 Å². The molecule has 0 aliphatic rings. The van der Waals surface area contributed by atoms with Crippen LogP contribution in [0.3, 0.4) is 0 Å². The molecule has 1 aromatic carbocycles. The van der Waals surface area contributed by atoms with E-state index in [1.807, 2.05) is 12.1 Å². The number of rotatable bonds is 4. The summed E-state index contributed by atoms with van der Waals surface area (Å²) in [4.78, 5) is 10.3. The first kappa shape index (κ1) is 14.5. The zero-order valence-corrected chi connectivity index (χ0v) is 13.3. The highest BCUT2D eigenvalue weighted by atomic mass is 127. The molecular formula is C9H9Br2IN2O2. The van der Waals surface area contributed by atoms with Crippen LogP contribution < -0.4 is 11.1 Å². The van der Waals surface area contributed by atoms with Crippen LogP contribution in [0.1, 0.15) is 11.7 Å². The first-order chi connectivity index (χ1) is 7.45. The zero-order chi connectivity index (χ0) is 12.3. The van der Waals surface area contributed by atoms with E-state index in [0.717, 1.165) is 18.1 Å². The van der Waals surface area contributed by atoms with E-state index >= 15 is 0 Å². The molecule has 4 N–H and O–H groups in total. The Morgan fingerprint density at radius 3 is 2.38 bits per heavy atom. The number of aliphatic hydroxyl groups excluding tert-OH is 1. The normalized spacial score (nSPS) is 14.6. The minimum absolute atomic E-state index is 0.386. The summed E-state index contributed by atoms with van der Waals surface area (Å²) in [5.41, 5.74) is 6.55. The fourth-order valence-corrected chi connectivity index (χ4v) is 2.61. The van der Waals surface area contributed by atoms with Gasteiger partial charge in [0.05, 0.1) is 6.17 Å². The molecule has 0 heterocycles. The van der Waals surface area contributed by atoms with Gasteiger partial charge in [0.2, 0.25) is 0 Å². The van der Waals surface area contributed by atoms with Crippen LogP contribution in [-0.2, 0) is 4.79 Å². The lowest BCUT2D eigenvalue weighted by molar-refractivity contribution is -0.116. The Kier molecular flexibility index (Phi) is 5.82. The number of aldehydes is 1. The van der Waals surface area contributed by atoms with Gasteiger partial charge in [-0.05, 0) is 72.1 Å². The largest absolute Gasteiger partial charge is 0.371 e. The lowest BCUT2D eigenvalue weighted by atomic mass is 10.2. The lowest BCUT2D eigenvalue weighted by Crippen LogP contribution is -2.38. The molecule has 88 valence electrons. The average molecular weight is 464 g/mol. The van der Waals surface area contributed by atoms with Crippen LogP contribution in [0.25, 0.3) is 0 Å². The second-order valence-corrected chi connectivity index (χ2v) is 5.81. The Balaban J connectivity index is 2.92. The van der Waals surface area contributed by atoms with E-state index < -0.39 is 12.4 Å². The highest BCUT2D eigenvalue weighted by Gasteiger charge is 2.13. The predicted molar refractivity (Wildman–Crippen MR) is 76.7 cm³/mol. The van der Waals surface area contributed by atoms with Crippen molar-refractivity contribution in [1.29, 1.82) is 0 Å². The molecule has 0 spiro atoms. The minimum Gasteiger partial charge on any atom is -0.371 e. The first-order valence-electron chi connectivity index (χ1n) is 4.25. The molecule has 0 radical (unpaired) electrons. The van der Waals surface area contributed by atoms with Crippen LogP contribution in [0.4, 0.5) is 0 Å². The fourth-order valence-electron chi connectivity index (χ4n) is 1.07. The molecule has 2 unspecified atom stereocenters. The molecular weight excluding hydrogens is 455 g/mol. The van der Waals surface area contributed by atoms with Gasteiger partial charge >= 0.3 is 0 Å². The number of hydrogen-bond acceptors (Lipinski definition) is 4. The van der Waals surface area contributed by atoms with Gasteiger partial charge in [-0.1, -0.05) is 0 Å². The average Bonchev–Trinajstić information content (AvgIpc) is 2.24. The second kappa shape index (κ2) is 6.41. The second-order valence-electron chi connectivity index (χ2n) is 3.02. The molecule has 0 aliphatic heterocycles. The summed E-state index contributed by atoms with van der Waals surface area (Å²) >= 11 is 8.97. The number of nitrogens with one attached hydrogen (secondary N) is 1. The van der Waals surface area contributed by atoms with E-state index in [2.05, 4.69) is 59.8 Å². The maximum absolute atomic E-state index is 10.3. The Labute approximate surface area is 123 Å². The monoisotopic (exact) mass is 462 g/mol. The van der Waals surface area contributed by atoms with Gasteiger partial charge in [0.1, 0.15) is 0 Å². The first-order valence-corrected chi connectivity index (χ1v) is 6.91. The molecule has 4 nitrogen and oxygen atoms in total. The highest BCUT2D eigenvalue weighted by molar-refractivity contribution is 14.1. The van der Waals surface area contributed by atoms with E-state index in [0.29, 0.717) is 6.29 Å². The standard InChI is InChI=1S/C9H9Br2IN2O2/c10-5-1-4(2-6(11)8(5)12)9(13)14-7(16)3-15/h1-3,7,9,14,16H,13H2. The summed E-state index contributed by atoms with van der Waals surface area (Å²) in [6.45, 7) is 0. The smallest absolute Gasteiger partial charge is 0.163 e. The third-order valence-electron chi connectivity index (χ3n) is 1.84. The van der Waals surface area contributed by atoms with Crippen LogP contribution in [0.2, 0.25) is 0 Å². The van der Waals surface area contributed by atoms with Crippen LogP contribution >= 0.6 is 54.5 Å². The van der Waals surface area contributed by atoms with Gasteiger partial charge in [-0.3, -0.25) is 10.1 Å². The maximum Gasteiger partial charge on any atom is 0.163 e. The highest BCUT2D eigenvalue weighted by Crippen LogP contribution is 2.29. The summed E-state index contributed by atoms with van der Waals surface area (Å²) in [6.07, 6.45) is -1.48. The van der Waals surface area contributed by atoms with Gasteiger partial charge < -0.3 is 10.8 Å². The summed E-state index contributed by atoms with van der Waals surface area (Å²) in [7, 11) is 0. The van der Waals surface area contributed by atoms with Crippen molar-refractivity contribution in [3.8, 4) is 0 Å². The van der Waals surface area contributed by atoms with Crippen molar-refractivity contribution in [2.24, 2.45) is 5.73 Å². The van der Waals surface area contributed by atoms with Gasteiger partial charge in [-0.15, -0.1) is 0 Å². The van der Waals surface area contributed by atoms with E-state index in [9.17, 15) is 4.79 Å². The SMILES string of the molecule is NC(NC(O)C=O)c1cc(Br)c(I)c(Br)c1. The number of aliphatic hydroxyl groups is 1. The van der Waals surface area contributed by atoms with E-state index in [1.165, 1.54) is 0 Å². The molecule has 2 atom stereocenters. The van der Waals surface area contributed by atoms with Gasteiger partial charge in [0, 0.05) is 12.5 Å². The van der Waals surface area contributed by atoms with E-state index in [4.69, 9.17) is 10.8 Å². The summed E-state index contributed by atoms with van der Waals surface area (Å²) < 4.78 is 2.83. The van der Waals surface area contributed by atoms with Crippen molar-refractivity contribution in [3.63, 3.8) is 0 Å². The Hall–Kier alpha value is 0.460. The Bertz CT molecular complexity index is 380. The molecule has 0 bridgehead atoms. The number of benzene rings is 1. The molecule has 0 aromatic heterocycles. The molecule has 1 aromatic rings. The van der Waals surface area contributed by atoms with Crippen molar-refractivity contribution in [3.05, 3.63) is 30.2 Å². The van der Waals surface area contributed by atoms with Gasteiger partial charge in [0.25, 0.3) is 0 Å². The maximum atomic E-state index is 10.3. The number of carbonyl (C=O) groups excluding carboxylic acids is 1. The van der Waals surface area contributed by atoms with Crippen LogP contribution in [0, 0.1) is 3.57 Å². The number of nitrogens with two attached hydrogens (primary N) is 1. The fraction of sp³-hybridized carbons (Fsp3) is 0.222. The molecule has 7 heteroatoms. The summed E-state index contributed by atoms with van der Waals surface area (Å²) in [5.74, 6) is 0. The van der Waals surface area contributed by atoms with E-state index in [1.54, 1.807) is 0 Å². The third-order valence-corrected chi connectivity index (χ3v) is 5.74. The summed E-state index contributed by atoms with van der Waals surface area (Å²) in [5, 5.41) is 11.6. The molecule has 0 amide bonds. The lowest BCUT2D eigenvalue weighted by Gasteiger charge is -2.17. The molecule has 0 aliphatic carbocycles. The molecule has 16 heavy (non-hydrogen) atoms. The number of hydrogen-bond donors (Lipinski definition) is 3. The van der Waals surface area contributed by atoms with Crippen LogP contribution in [0.15, 0.2) is 21.1 Å². The van der Waals surface area contributed by atoms with Gasteiger partial charge in [0.15, 0.2) is 12.5 Å². The molecule has 0 saturated carbocycles. The Morgan fingerprint density at radius 2 is 1.94 bits per heavy atom. The Morgan fingerprint density at radius 1 is 1.44 bits per heavy atom. The summed E-state index contributed by atoms with van der Waals surface area (Å²) in [6, 6.07) is 3.67. The van der Waals surface area contributed by atoms with Crippen molar-refractivity contribution in [2.75, 3.05) is 0 Å². The molecule has 1 rings (SSSR count). The zero-order valence-electron chi connectivity index (χ0n) is 7.95. The van der Waals surface area contributed by atoms with Gasteiger partial charge in [-0.25, -0.2) is 0 Å². The van der Waals surface area contributed by atoms with Crippen LogP contribution in [0.5, 0.6) is 0 Å². The van der Waals surface area contributed by atoms with Crippen molar-refractivity contribution in [1.82, 2.24) is 5.32 Å². The van der Waals surface area contributed by atoms with Crippen molar-refractivity contribution in [2.45, 2.75) is 12.4 Å². The van der Waals surface area contributed by atoms with Gasteiger partial charge in [-0.2, -0.15) is 0 Å². The molecule has 0 fully saturated rings. The van der Waals surface area contributed by atoms with E-state index in [-0.39, 0.29) is 0 Å². The predicted octanol–water partition coefficient (Wildman–Crippen LogP) is 1.88. The number of halogens is 3. The number of carbonyl (C=O) groups is 1. The quantitative estimate of drug-likeness (QED) is 0.276. The third kappa shape index (κ3) is 3.74. The minimum atomic E-state index is -1.26.